The molecule has 10 heteroatoms. The lowest BCUT2D eigenvalue weighted by Crippen LogP contribution is -2.33. The number of nitrogens with one attached hydrogen (secondary N) is 1. The van der Waals surface area contributed by atoms with Gasteiger partial charge >= 0.3 is 0 Å². The van der Waals surface area contributed by atoms with E-state index in [1.807, 2.05) is 6.92 Å². The Balaban J connectivity index is 1.96. The highest BCUT2D eigenvalue weighted by atomic mass is 16.6. The lowest BCUT2D eigenvalue weighted by molar-refractivity contribution is -0.0511. The first-order valence-corrected chi connectivity index (χ1v) is 8.13. The molecular formula is C15H23N5O5. The van der Waals surface area contributed by atoms with Crippen LogP contribution in [0.4, 0.5) is 0 Å². The Morgan fingerprint density at radius 3 is 2.88 bits per heavy atom. The maximum atomic E-state index is 10.2. The van der Waals surface area contributed by atoms with E-state index in [2.05, 4.69) is 19.9 Å². The number of aliphatic hydroxyl groups is 4. The number of fused-ring (bicyclic) bond motifs is 1. The quantitative estimate of drug-likeness (QED) is 0.414. The van der Waals surface area contributed by atoms with Crippen LogP contribution in [0.5, 0.6) is 0 Å². The molecule has 1 aliphatic rings. The van der Waals surface area contributed by atoms with Gasteiger partial charge in [-0.1, -0.05) is 6.92 Å². The van der Waals surface area contributed by atoms with Gasteiger partial charge in [0.05, 0.1) is 19.2 Å². The second-order valence-electron chi connectivity index (χ2n) is 6.21. The molecule has 138 valence electrons. The molecule has 2 aromatic heterocycles. The summed E-state index contributed by atoms with van der Waals surface area (Å²) in [6, 6.07) is 0. The van der Waals surface area contributed by atoms with E-state index in [1.165, 1.54) is 10.9 Å². The van der Waals surface area contributed by atoms with Gasteiger partial charge in [0.15, 0.2) is 11.7 Å². The first-order valence-electron chi connectivity index (χ1n) is 8.63. The molecule has 3 rings (SSSR count). The number of hydrogen-bond donors (Lipinski definition) is 5. The number of imidazole rings is 1. The van der Waals surface area contributed by atoms with E-state index in [-0.39, 0.29) is 24.3 Å². The predicted molar refractivity (Wildman–Crippen MR) is 86.2 cm³/mol. The number of aliphatic hydroxyl groups excluding tert-OH is 4. The summed E-state index contributed by atoms with van der Waals surface area (Å²) in [5.74, 6) is 0.108. The minimum absolute atomic E-state index is 0.0739. The van der Waals surface area contributed by atoms with Gasteiger partial charge in [-0.15, -0.1) is 0 Å². The number of ether oxygens (including phenoxy) is 1. The van der Waals surface area contributed by atoms with Crippen molar-refractivity contribution >= 4 is 11.2 Å². The number of H-pyrrole nitrogens is 1. The normalized spacial score (nSPS) is 29.3. The summed E-state index contributed by atoms with van der Waals surface area (Å²) in [5.41, 5.74) is 1.04. The summed E-state index contributed by atoms with van der Waals surface area (Å²) in [6.45, 7) is 1.97. The van der Waals surface area contributed by atoms with Crippen LogP contribution in [0.15, 0.2) is 17.6 Å². The molecule has 25 heavy (non-hydrogen) atoms. The Bertz CT molecular complexity index is 824. The zero-order chi connectivity index (χ0) is 18.8. The van der Waals surface area contributed by atoms with Crippen molar-refractivity contribution in [3.8, 4) is 0 Å². The molecule has 5 atom stereocenters. The van der Waals surface area contributed by atoms with E-state index < -0.39 is 31.1 Å². The molecule has 10 nitrogen and oxygen atoms in total. The number of aromatic nitrogens is 4. The molecule has 0 aliphatic carbocycles. The molecule has 5 N–H and O–H groups in total. The molecule has 1 aliphatic heterocycles. The standard InChI is InChI=1S/C15H23N5O5/c1-8(4-21)2-3-16-13-10-14(18-6-17-13)20(7-19-10)15-12(24)11(23)9(5-22)25-15/h6-9,11-12,15,21-24H,2-5H2,1H3,(H,16,17,18)/t8?,9-,11-,12-,15-/m1/s1/i6T. The molecule has 1 fully saturated rings. The number of rotatable bonds is 6. The van der Waals surface area contributed by atoms with Crippen LogP contribution in [0.3, 0.4) is 0 Å². The van der Waals surface area contributed by atoms with Crippen LogP contribution in [-0.2, 0) is 4.74 Å². The lowest BCUT2D eigenvalue weighted by Gasteiger charge is -2.16. The van der Waals surface area contributed by atoms with Gasteiger partial charge in [-0.05, 0) is 12.3 Å². The van der Waals surface area contributed by atoms with Gasteiger partial charge in [-0.3, -0.25) is 9.56 Å². The summed E-state index contributed by atoms with van der Waals surface area (Å²) in [5, 5.41) is 38.4. The number of hydrogen-bond acceptors (Lipinski definition) is 8. The third-order valence-corrected chi connectivity index (χ3v) is 4.33. The fourth-order valence-corrected chi connectivity index (χ4v) is 2.73. The van der Waals surface area contributed by atoms with Crippen molar-refractivity contribution in [1.82, 2.24) is 19.5 Å². The minimum atomic E-state index is -1.26. The van der Waals surface area contributed by atoms with Crippen molar-refractivity contribution in [3.05, 3.63) is 18.1 Å². The molecule has 2 aromatic rings. The Morgan fingerprint density at radius 2 is 2.20 bits per heavy atom. The van der Waals surface area contributed by atoms with E-state index in [0.29, 0.717) is 24.1 Å². The second-order valence-corrected chi connectivity index (χ2v) is 6.21. The molecule has 0 spiro atoms. The van der Waals surface area contributed by atoms with Gasteiger partial charge in [-0.25, -0.2) is 9.97 Å². The molecule has 0 bridgehead atoms. The summed E-state index contributed by atoms with van der Waals surface area (Å²) in [6.07, 6.45) is -2.43. The van der Waals surface area contributed by atoms with Crippen molar-refractivity contribution in [2.45, 2.75) is 37.9 Å². The van der Waals surface area contributed by atoms with Gasteiger partial charge in [0.1, 0.15) is 30.8 Å². The van der Waals surface area contributed by atoms with E-state index in [1.54, 1.807) is 0 Å². The molecular weight excluding hydrogens is 330 g/mol. The lowest BCUT2D eigenvalue weighted by atomic mass is 10.1. The van der Waals surface area contributed by atoms with E-state index in [4.69, 9.17) is 11.2 Å². The summed E-state index contributed by atoms with van der Waals surface area (Å²) >= 11 is 0. The molecule has 0 amide bonds. The molecule has 1 saturated heterocycles. The van der Waals surface area contributed by atoms with Gasteiger partial charge in [-0.2, -0.15) is 0 Å². The largest absolute Gasteiger partial charge is 0.396 e. The van der Waals surface area contributed by atoms with Gasteiger partial charge < -0.3 is 30.1 Å². The Labute approximate surface area is 144 Å². The number of nitrogens with zero attached hydrogens (tertiary/aromatic N) is 4. The van der Waals surface area contributed by atoms with Crippen LogP contribution in [0.2, 0.25) is 0 Å². The Kier molecular flexibility index (Phi) is 5.04. The molecule has 0 radical (unpaired) electrons. The predicted octanol–water partition coefficient (Wildman–Crippen LogP) is -1.71. The highest BCUT2D eigenvalue weighted by Gasteiger charge is 2.43. The molecule has 1 unspecified atom stereocenters. The van der Waals surface area contributed by atoms with Crippen LogP contribution >= 0.6 is 0 Å². The van der Waals surface area contributed by atoms with Crippen molar-refractivity contribution in [3.63, 3.8) is 0 Å². The minimum Gasteiger partial charge on any atom is -0.396 e. The molecule has 3 heterocycles. The Morgan fingerprint density at radius 1 is 1.40 bits per heavy atom. The zero-order valence-corrected chi connectivity index (χ0v) is 13.8. The fourth-order valence-electron chi connectivity index (χ4n) is 2.73. The van der Waals surface area contributed by atoms with E-state index in [9.17, 15) is 15.3 Å². The topological polar surface area (TPSA) is 149 Å². The summed E-state index contributed by atoms with van der Waals surface area (Å²) < 4.78 is 14.8. The van der Waals surface area contributed by atoms with Crippen LogP contribution in [0.25, 0.3) is 11.2 Å². The van der Waals surface area contributed by atoms with Gasteiger partial charge in [0.25, 0.3) is 0 Å². The third-order valence-electron chi connectivity index (χ3n) is 4.33. The monoisotopic (exact) mass is 355 g/mol. The van der Waals surface area contributed by atoms with Gasteiger partial charge in [0.2, 0.25) is 0 Å². The summed E-state index contributed by atoms with van der Waals surface area (Å²) in [7, 11) is 0. The summed E-state index contributed by atoms with van der Waals surface area (Å²) in [4.78, 5) is 15.4. The maximum absolute atomic E-state index is 10.2. The maximum Gasteiger partial charge on any atom is 0.178 e. The van der Waals surface area contributed by atoms with Crippen LogP contribution in [-0.4, -0.2) is 78.0 Å². The van der Waals surface area contributed by atoms with Crippen molar-refractivity contribution in [2.75, 3.05) is 19.8 Å². The second kappa shape index (κ2) is 7.58. The Hall–Kier alpha value is -1.85. The fraction of sp³-hybridized carbons (Fsp3) is 0.667. The highest BCUT2D eigenvalue weighted by Crippen LogP contribution is 2.30. The van der Waals surface area contributed by atoms with Crippen molar-refractivity contribution < 1.29 is 26.5 Å². The first-order chi connectivity index (χ1) is 12.5. The van der Waals surface area contributed by atoms with E-state index in [0.717, 1.165) is 0 Å². The van der Waals surface area contributed by atoms with Crippen molar-refractivity contribution in [1.29, 1.82) is 0 Å². The zero-order valence-electron chi connectivity index (χ0n) is 14.8. The van der Waals surface area contributed by atoms with Crippen LogP contribution in [0.1, 0.15) is 20.9 Å². The average Bonchev–Trinajstić information content (AvgIpc) is 3.16. The molecule has 0 saturated carbocycles. The van der Waals surface area contributed by atoms with E-state index >= 15 is 0 Å². The number of aromatic amines is 1. The average molecular weight is 355 g/mol. The smallest absolute Gasteiger partial charge is 0.178 e. The third kappa shape index (κ3) is 3.44. The highest BCUT2D eigenvalue weighted by molar-refractivity contribution is 5.68. The van der Waals surface area contributed by atoms with Crippen LogP contribution in [0, 0.1) is 5.92 Å². The van der Waals surface area contributed by atoms with Gasteiger partial charge in [0, 0.05) is 13.2 Å². The SMILES string of the molecule is [3H]c1nc(=NCCC(C)CO)c2ncn([C@@H]3O[C@H](CO)[C@@H](O)[C@H]3O)c2[nH]1. The molecule has 0 aromatic carbocycles. The first kappa shape index (κ1) is 16.6. The van der Waals surface area contributed by atoms with Crippen molar-refractivity contribution in [2.24, 2.45) is 10.9 Å². The van der Waals surface area contributed by atoms with Crippen LogP contribution < -0.4 is 5.49 Å².